The van der Waals surface area contributed by atoms with Crippen LogP contribution in [-0.4, -0.2) is 25.3 Å². The first-order chi connectivity index (χ1) is 14.5. The zero-order valence-corrected chi connectivity index (χ0v) is 18.9. The van der Waals surface area contributed by atoms with Gasteiger partial charge in [-0.15, -0.1) is 11.3 Å². The molecule has 30 heavy (non-hydrogen) atoms. The molecule has 1 amide bonds. The Bertz CT molecular complexity index is 1060. The van der Waals surface area contributed by atoms with Crippen molar-refractivity contribution in [1.82, 2.24) is 5.43 Å². The topological polar surface area (TPSA) is 59.9 Å². The Labute approximate surface area is 185 Å². The molecule has 0 unspecified atom stereocenters. The average molecular weight is 445 g/mol. The minimum atomic E-state index is -0.334. The lowest BCUT2D eigenvalue weighted by atomic mass is 10.2. The molecule has 0 bridgehead atoms. The fourth-order valence-electron chi connectivity index (χ4n) is 2.85. The Morgan fingerprint density at radius 1 is 1.17 bits per heavy atom. The first kappa shape index (κ1) is 22.1. The van der Waals surface area contributed by atoms with E-state index in [1.165, 1.54) is 11.3 Å². The third kappa shape index (κ3) is 5.32. The molecule has 5 nitrogen and oxygen atoms in total. The SMILES string of the molecule is CCCCOc1ccc(/C=N\NC(=O)c2sc3cc(C)ccc3c2Cl)cc1OCC. The van der Waals surface area contributed by atoms with Crippen LogP contribution in [0.5, 0.6) is 11.5 Å². The molecule has 0 saturated heterocycles. The molecular weight excluding hydrogens is 420 g/mol. The number of carbonyl (C=O) groups excluding carboxylic acids is 1. The van der Waals surface area contributed by atoms with Gasteiger partial charge in [0.25, 0.3) is 5.91 Å². The lowest BCUT2D eigenvalue weighted by Gasteiger charge is -2.12. The molecule has 158 valence electrons. The summed E-state index contributed by atoms with van der Waals surface area (Å²) in [4.78, 5) is 13.0. The normalized spacial score (nSPS) is 11.2. The molecule has 7 heteroatoms. The predicted molar refractivity (Wildman–Crippen MR) is 125 cm³/mol. The van der Waals surface area contributed by atoms with Gasteiger partial charge in [0.15, 0.2) is 11.5 Å². The van der Waals surface area contributed by atoms with Crippen molar-refractivity contribution >= 4 is 45.1 Å². The molecule has 1 aromatic heterocycles. The number of amides is 1. The van der Waals surface area contributed by atoms with Gasteiger partial charge in [-0.3, -0.25) is 4.79 Å². The number of aryl methyl sites for hydroxylation is 1. The number of hydrogen-bond donors (Lipinski definition) is 1. The predicted octanol–water partition coefficient (Wildman–Crippen LogP) is 6.20. The number of hydrogen-bond acceptors (Lipinski definition) is 5. The van der Waals surface area contributed by atoms with Crippen molar-refractivity contribution in [3.63, 3.8) is 0 Å². The van der Waals surface area contributed by atoms with Crippen molar-refractivity contribution in [3.05, 3.63) is 57.4 Å². The van der Waals surface area contributed by atoms with Crippen LogP contribution in [0.2, 0.25) is 5.02 Å². The van der Waals surface area contributed by atoms with Crippen LogP contribution in [0, 0.1) is 6.92 Å². The molecule has 0 radical (unpaired) electrons. The Morgan fingerprint density at radius 3 is 2.77 bits per heavy atom. The highest BCUT2D eigenvalue weighted by Crippen LogP contribution is 2.35. The third-order valence-electron chi connectivity index (χ3n) is 4.39. The van der Waals surface area contributed by atoms with Crippen LogP contribution in [0.15, 0.2) is 41.5 Å². The smallest absolute Gasteiger partial charge is 0.283 e. The van der Waals surface area contributed by atoms with Gasteiger partial charge in [0.2, 0.25) is 0 Å². The summed E-state index contributed by atoms with van der Waals surface area (Å²) in [6.07, 6.45) is 3.63. The molecule has 1 heterocycles. The zero-order chi connectivity index (χ0) is 21.5. The van der Waals surface area contributed by atoms with E-state index < -0.39 is 0 Å². The zero-order valence-electron chi connectivity index (χ0n) is 17.3. The number of carbonyl (C=O) groups is 1. The van der Waals surface area contributed by atoms with Crippen LogP contribution in [0.3, 0.4) is 0 Å². The van der Waals surface area contributed by atoms with Crippen LogP contribution < -0.4 is 14.9 Å². The number of nitrogens with one attached hydrogen (secondary N) is 1. The maximum absolute atomic E-state index is 12.5. The summed E-state index contributed by atoms with van der Waals surface area (Å²) < 4.78 is 12.4. The molecule has 3 aromatic rings. The van der Waals surface area contributed by atoms with Crippen molar-refractivity contribution in [1.29, 1.82) is 0 Å². The molecule has 3 rings (SSSR count). The molecular formula is C23H25ClN2O3S. The highest BCUT2D eigenvalue weighted by molar-refractivity contribution is 7.21. The van der Waals surface area contributed by atoms with E-state index >= 15 is 0 Å². The van der Waals surface area contributed by atoms with Crippen molar-refractivity contribution in [2.24, 2.45) is 5.10 Å². The quantitative estimate of drug-likeness (QED) is 0.242. The molecule has 0 aliphatic carbocycles. The average Bonchev–Trinajstić information content (AvgIpc) is 3.05. The Morgan fingerprint density at radius 2 is 2.00 bits per heavy atom. The minimum absolute atomic E-state index is 0.334. The summed E-state index contributed by atoms with van der Waals surface area (Å²) in [6.45, 7) is 7.23. The van der Waals surface area contributed by atoms with Crippen LogP contribution in [-0.2, 0) is 0 Å². The second-order valence-corrected chi connectivity index (χ2v) is 8.22. The number of ether oxygens (including phenoxy) is 2. The van der Waals surface area contributed by atoms with Crippen LogP contribution in [0.25, 0.3) is 10.1 Å². The Kier molecular flexibility index (Phi) is 7.71. The lowest BCUT2D eigenvalue weighted by molar-refractivity contribution is 0.0959. The summed E-state index contributed by atoms with van der Waals surface area (Å²) in [5.74, 6) is 1.03. The molecule has 0 aliphatic rings. The number of unbranched alkanes of at least 4 members (excludes halogenated alkanes) is 1. The van der Waals surface area contributed by atoms with E-state index in [0.29, 0.717) is 34.6 Å². The molecule has 0 saturated carbocycles. The molecule has 2 aromatic carbocycles. The van der Waals surface area contributed by atoms with Crippen molar-refractivity contribution in [2.75, 3.05) is 13.2 Å². The molecule has 0 fully saturated rings. The lowest BCUT2D eigenvalue weighted by Crippen LogP contribution is -2.16. The van der Waals surface area contributed by atoms with Crippen molar-refractivity contribution in [2.45, 2.75) is 33.6 Å². The van der Waals surface area contributed by atoms with E-state index in [9.17, 15) is 4.79 Å². The van der Waals surface area contributed by atoms with E-state index in [4.69, 9.17) is 21.1 Å². The highest BCUT2D eigenvalue weighted by Gasteiger charge is 2.16. The van der Waals surface area contributed by atoms with Crippen LogP contribution >= 0.6 is 22.9 Å². The summed E-state index contributed by atoms with van der Waals surface area (Å²) >= 11 is 7.75. The third-order valence-corrected chi connectivity index (χ3v) is 6.05. The van der Waals surface area contributed by atoms with Crippen LogP contribution in [0.4, 0.5) is 0 Å². The van der Waals surface area contributed by atoms with E-state index in [1.54, 1.807) is 6.21 Å². The monoisotopic (exact) mass is 444 g/mol. The summed E-state index contributed by atoms with van der Waals surface area (Å²) in [6, 6.07) is 11.5. The van der Waals surface area contributed by atoms with E-state index in [-0.39, 0.29) is 5.91 Å². The molecule has 0 atom stereocenters. The van der Waals surface area contributed by atoms with Gasteiger partial charge in [0.05, 0.1) is 24.5 Å². The number of fused-ring (bicyclic) bond motifs is 1. The fourth-order valence-corrected chi connectivity index (χ4v) is 4.36. The summed E-state index contributed by atoms with van der Waals surface area (Å²) in [7, 11) is 0. The van der Waals surface area contributed by atoms with Crippen molar-refractivity contribution < 1.29 is 14.3 Å². The minimum Gasteiger partial charge on any atom is -0.490 e. The largest absolute Gasteiger partial charge is 0.490 e. The Balaban J connectivity index is 1.70. The first-order valence-corrected chi connectivity index (χ1v) is 11.1. The van der Waals surface area contributed by atoms with Gasteiger partial charge in [0.1, 0.15) is 4.88 Å². The van der Waals surface area contributed by atoms with Gasteiger partial charge >= 0.3 is 0 Å². The number of halogens is 1. The molecule has 0 spiro atoms. The number of hydrazone groups is 1. The van der Waals surface area contributed by atoms with Gasteiger partial charge in [-0.1, -0.05) is 37.1 Å². The van der Waals surface area contributed by atoms with Gasteiger partial charge in [-0.05, 0) is 55.7 Å². The van der Waals surface area contributed by atoms with Gasteiger partial charge in [-0.2, -0.15) is 5.10 Å². The van der Waals surface area contributed by atoms with E-state index in [0.717, 1.165) is 34.1 Å². The number of benzene rings is 2. The molecule has 0 aliphatic heterocycles. The standard InChI is InChI=1S/C23H25ClN2O3S/c1-4-6-11-29-18-10-8-16(13-19(18)28-5-2)14-25-26-23(27)22-21(24)17-9-7-15(3)12-20(17)30-22/h7-10,12-14H,4-6,11H2,1-3H3,(H,26,27)/b25-14-. The maximum atomic E-state index is 12.5. The maximum Gasteiger partial charge on any atom is 0.283 e. The van der Waals surface area contributed by atoms with E-state index in [2.05, 4.69) is 17.5 Å². The van der Waals surface area contributed by atoms with Crippen molar-refractivity contribution in [3.8, 4) is 11.5 Å². The first-order valence-electron chi connectivity index (χ1n) is 9.95. The second kappa shape index (κ2) is 10.5. The summed E-state index contributed by atoms with van der Waals surface area (Å²) in [5.41, 5.74) is 4.47. The second-order valence-electron chi connectivity index (χ2n) is 6.79. The highest BCUT2D eigenvalue weighted by atomic mass is 35.5. The summed E-state index contributed by atoms with van der Waals surface area (Å²) in [5, 5.41) is 5.41. The fraction of sp³-hybridized carbons (Fsp3) is 0.304. The van der Waals surface area contributed by atoms with E-state index in [1.807, 2.05) is 50.2 Å². The number of nitrogens with zero attached hydrogens (tertiary/aromatic N) is 1. The van der Waals surface area contributed by atoms with Gasteiger partial charge in [-0.25, -0.2) is 5.43 Å². The van der Waals surface area contributed by atoms with Gasteiger partial charge < -0.3 is 9.47 Å². The van der Waals surface area contributed by atoms with Gasteiger partial charge in [0, 0.05) is 10.1 Å². The Hall–Kier alpha value is -2.57. The molecule has 1 N–H and O–H groups in total. The number of rotatable bonds is 9. The number of thiophene rings is 1. The van der Waals surface area contributed by atoms with Crippen LogP contribution in [0.1, 0.15) is 47.5 Å².